The van der Waals surface area contributed by atoms with E-state index in [1.807, 2.05) is 6.92 Å². The summed E-state index contributed by atoms with van der Waals surface area (Å²) in [4.78, 5) is 25.1. The van der Waals surface area contributed by atoms with Crippen LogP contribution in [0.3, 0.4) is 0 Å². The molecule has 3 rings (SSSR count). The number of hydrogen-bond acceptors (Lipinski definition) is 7. The van der Waals surface area contributed by atoms with Crippen molar-refractivity contribution in [3.63, 3.8) is 0 Å². The summed E-state index contributed by atoms with van der Waals surface area (Å²) >= 11 is 0. The molecule has 0 bridgehead atoms. The van der Waals surface area contributed by atoms with Crippen LogP contribution in [0.15, 0.2) is 11.8 Å². The van der Waals surface area contributed by atoms with Crippen molar-refractivity contribution >= 4 is 11.6 Å². The van der Waals surface area contributed by atoms with E-state index in [4.69, 9.17) is 0 Å². The number of aliphatic hydroxyl groups is 2. The highest BCUT2D eigenvalue weighted by molar-refractivity contribution is 6.26. The molecule has 134 valence electrons. The molecule has 5 N–H and O–H groups in total. The van der Waals surface area contributed by atoms with E-state index in [0.29, 0.717) is 6.54 Å². The third-order valence-corrected chi connectivity index (χ3v) is 4.87. The number of rotatable bonds is 3. The predicted octanol–water partition coefficient (Wildman–Crippen LogP) is 0.571. The van der Waals surface area contributed by atoms with Gasteiger partial charge in [-0.05, 0) is 13.3 Å². The number of nitrogens with one attached hydrogen (secondary N) is 1. The smallest absolute Gasteiger partial charge is 0.213 e. The standard InChI is InChI=1S/C18H21NO6/c1-3-4-19-10-6-11(20)13-14(17(10)24)16(23)9-7-18(2,25)12(21)5-8(9)15(13)22/h6,12,19,21-23,25H,3-5,7H2,1-2H3/t12-,18+/m1/s1. The minimum absolute atomic E-state index is 0.0663. The maximum absolute atomic E-state index is 12.7. The average Bonchev–Trinajstić information content (AvgIpc) is 2.54. The number of carbonyl (C=O) groups excluding carboxylic acids is 2. The van der Waals surface area contributed by atoms with E-state index in [2.05, 4.69) is 5.32 Å². The molecule has 2 aliphatic rings. The Bertz CT molecular complexity index is 809. The average molecular weight is 347 g/mol. The van der Waals surface area contributed by atoms with Crippen LogP contribution in [0, 0.1) is 0 Å². The Morgan fingerprint density at radius 3 is 2.48 bits per heavy atom. The molecule has 1 aromatic rings. The normalized spacial score (nSPS) is 25.3. The number of benzene rings is 1. The molecule has 0 unspecified atom stereocenters. The van der Waals surface area contributed by atoms with E-state index in [1.54, 1.807) is 0 Å². The summed E-state index contributed by atoms with van der Waals surface area (Å²) in [5, 5.41) is 44.3. The number of allylic oxidation sites excluding steroid dienone is 2. The van der Waals surface area contributed by atoms with Gasteiger partial charge in [0, 0.05) is 36.6 Å². The zero-order chi connectivity index (χ0) is 18.5. The molecule has 7 nitrogen and oxygen atoms in total. The van der Waals surface area contributed by atoms with Gasteiger partial charge in [0.2, 0.25) is 5.78 Å². The first-order valence-electron chi connectivity index (χ1n) is 8.23. The van der Waals surface area contributed by atoms with Crippen LogP contribution in [-0.4, -0.2) is 50.2 Å². The number of phenolic OH excluding ortho intramolecular Hbond substituents is 2. The zero-order valence-electron chi connectivity index (χ0n) is 14.1. The lowest BCUT2D eigenvalue weighted by Crippen LogP contribution is -2.46. The summed E-state index contributed by atoms with van der Waals surface area (Å²) in [6.07, 6.45) is 0.435. The number of aliphatic hydroxyl groups excluding tert-OH is 1. The fraction of sp³-hybridized carbons (Fsp3) is 0.444. The number of Topliss-reactive ketones (excluding diaryl/α,β-unsaturated/α-hetero) is 1. The fourth-order valence-corrected chi connectivity index (χ4v) is 3.38. The summed E-state index contributed by atoms with van der Waals surface area (Å²) < 4.78 is 0. The van der Waals surface area contributed by atoms with Crippen molar-refractivity contribution in [1.29, 1.82) is 0 Å². The van der Waals surface area contributed by atoms with E-state index in [9.17, 15) is 30.0 Å². The second-order valence-electron chi connectivity index (χ2n) is 6.84. The monoisotopic (exact) mass is 347 g/mol. The van der Waals surface area contributed by atoms with Crippen molar-refractivity contribution in [1.82, 2.24) is 5.32 Å². The van der Waals surface area contributed by atoms with E-state index in [-0.39, 0.29) is 40.8 Å². The van der Waals surface area contributed by atoms with Gasteiger partial charge in [-0.1, -0.05) is 6.92 Å². The summed E-state index contributed by atoms with van der Waals surface area (Å²) in [5.41, 5.74) is -1.58. The first kappa shape index (κ1) is 17.4. The molecular formula is C18H21NO6. The van der Waals surface area contributed by atoms with Crippen LogP contribution < -0.4 is 5.32 Å². The Morgan fingerprint density at radius 1 is 1.20 bits per heavy atom. The molecule has 0 amide bonds. The maximum Gasteiger partial charge on any atom is 0.213 e. The summed E-state index contributed by atoms with van der Waals surface area (Å²) in [5.74, 6) is -2.00. The van der Waals surface area contributed by atoms with Crippen LogP contribution in [0.1, 0.15) is 52.1 Å². The second-order valence-corrected chi connectivity index (χ2v) is 6.84. The largest absolute Gasteiger partial charge is 0.507 e. The van der Waals surface area contributed by atoms with Crippen molar-refractivity contribution < 1.29 is 30.0 Å². The Kier molecular flexibility index (Phi) is 4.09. The van der Waals surface area contributed by atoms with Crippen LogP contribution in [0.5, 0.6) is 11.5 Å². The Hall–Kier alpha value is -2.38. The molecule has 0 heterocycles. The second kappa shape index (κ2) is 5.86. The number of carbonyl (C=O) groups is 2. The molecule has 0 saturated carbocycles. The van der Waals surface area contributed by atoms with Gasteiger partial charge in [0.25, 0.3) is 0 Å². The first-order chi connectivity index (χ1) is 11.7. The van der Waals surface area contributed by atoms with Crippen molar-refractivity contribution in [2.45, 2.75) is 44.8 Å². The van der Waals surface area contributed by atoms with Crippen molar-refractivity contribution in [3.05, 3.63) is 34.0 Å². The van der Waals surface area contributed by atoms with Gasteiger partial charge in [0.1, 0.15) is 11.5 Å². The fourth-order valence-electron chi connectivity index (χ4n) is 3.38. The Balaban J connectivity index is 2.19. The van der Waals surface area contributed by atoms with Crippen LogP contribution in [-0.2, 0) is 12.8 Å². The van der Waals surface area contributed by atoms with Crippen molar-refractivity contribution in [3.8, 4) is 11.5 Å². The number of hydrogen-bond donors (Lipinski definition) is 5. The van der Waals surface area contributed by atoms with Crippen LogP contribution >= 0.6 is 0 Å². The molecule has 25 heavy (non-hydrogen) atoms. The lowest BCUT2D eigenvalue weighted by atomic mass is 9.75. The highest BCUT2D eigenvalue weighted by Gasteiger charge is 2.42. The van der Waals surface area contributed by atoms with E-state index in [1.165, 1.54) is 6.92 Å². The van der Waals surface area contributed by atoms with E-state index < -0.39 is 34.8 Å². The maximum atomic E-state index is 12.7. The van der Waals surface area contributed by atoms with Gasteiger partial charge < -0.3 is 25.7 Å². The van der Waals surface area contributed by atoms with Crippen molar-refractivity contribution in [2.24, 2.45) is 0 Å². The highest BCUT2D eigenvalue weighted by Crippen LogP contribution is 2.45. The lowest BCUT2D eigenvalue weighted by molar-refractivity contribution is -0.0668. The molecule has 0 fully saturated rings. The molecule has 0 aliphatic heterocycles. The topological polar surface area (TPSA) is 127 Å². The third kappa shape index (κ3) is 2.60. The number of aromatic hydroxyl groups is 2. The molecule has 0 radical (unpaired) electrons. The van der Waals surface area contributed by atoms with E-state index in [0.717, 1.165) is 12.5 Å². The summed E-state index contributed by atoms with van der Waals surface area (Å²) in [6.45, 7) is 3.81. The molecule has 2 atom stereocenters. The van der Waals surface area contributed by atoms with Crippen LogP contribution in [0.2, 0.25) is 0 Å². The lowest BCUT2D eigenvalue weighted by Gasteiger charge is -2.36. The molecule has 1 aromatic carbocycles. The minimum Gasteiger partial charge on any atom is -0.507 e. The molecule has 0 spiro atoms. The van der Waals surface area contributed by atoms with Gasteiger partial charge in [0.05, 0.1) is 28.5 Å². The molecular weight excluding hydrogens is 326 g/mol. The van der Waals surface area contributed by atoms with Gasteiger partial charge in [-0.15, -0.1) is 0 Å². The Labute approximate surface area is 144 Å². The van der Waals surface area contributed by atoms with Crippen LogP contribution in [0.4, 0.5) is 0 Å². The van der Waals surface area contributed by atoms with Gasteiger partial charge in [-0.3, -0.25) is 9.59 Å². The minimum atomic E-state index is -1.51. The van der Waals surface area contributed by atoms with Crippen LogP contribution in [0.25, 0.3) is 0 Å². The van der Waals surface area contributed by atoms with Crippen molar-refractivity contribution in [2.75, 3.05) is 6.54 Å². The molecule has 7 heteroatoms. The SMILES string of the molecule is CCCNC1=CC(=O)c2c(O)c3c(c(O)c2C1=O)C[C@](C)(O)[C@H](O)C3. The third-order valence-electron chi connectivity index (χ3n) is 4.87. The molecule has 2 aliphatic carbocycles. The highest BCUT2D eigenvalue weighted by atomic mass is 16.3. The predicted molar refractivity (Wildman–Crippen MR) is 88.8 cm³/mol. The van der Waals surface area contributed by atoms with Gasteiger partial charge in [-0.25, -0.2) is 0 Å². The quantitative estimate of drug-likeness (QED) is 0.506. The van der Waals surface area contributed by atoms with E-state index >= 15 is 0 Å². The number of phenols is 2. The van der Waals surface area contributed by atoms with Gasteiger partial charge in [-0.2, -0.15) is 0 Å². The molecule has 0 saturated heterocycles. The Morgan fingerprint density at radius 2 is 1.84 bits per heavy atom. The molecule has 0 aromatic heterocycles. The number of fused-ring (bicyclic) bond motifs is 2. The summed E-state index contributed by atoms with van der Waals surface area (Å²) in [7, 11) is 0. The first-order valence-corrected chi connectivity index (χ1v) is 8.23. The number of ketones is 2. The van der Waals surface area contributed by atoms with Gasteiger partial charge in [0.15, 0.2) is 5.78 Å². The zero-order valence-corrected chi connectivity index (χ0v) is 14.1. The summed E-state index contributed by atoms with van der Waals surface area (Å²) in [6, 6.07) is 0. The van der Waals surface area contributed by atoms with Gasteiger partial charge >= 0.3 is 0 Å².